The van der Waals surface area contributed by atoms with Crippen LogP contribution in [0.5, 0.6) is 11.5 Å². The lowest BCUT2D eigenvalue weighted by Gasteiger charge is -2.19. The van der Waals surface area contributed by atoms with Crippen LogP contribution in [0.25, 0.3) is 11.1 Å². The Balaban J connectivity index is 1.90. The van der Waals surface area contributed by atoms with Gasteiger partial charge in [0.25, 0.3) is 5.91 Å². The molecule has 2 amide bonds. The highest BCUT2D eigenvalue weighted by molar-refractivity contribution is 7.92. The number of ether oxygens (including phenoxy) is 2. The number of halogens is 1. The highest BCUT2D eigenvalue weighted by Gasteiger charge is 2.41. The second-order valence-electron chi connectivity index (χ2n) is 10.0. The normalized spacial score (nSPS) is 16.2. The smallest absolute Gasteiger partial charge is 0.251 e. The van der Waals surface area contributed by atoms with E-state index >= 15 is 0 Å². The van der Waals surface area contributed by atoms with Crippen LogP contribution in [0.3, 0.4) is 0 Å². The third-order valence-electron chi connectivity index (χ3n) is 6.49. The summed E-state index contributed by atoms with van der Waals surface area (Å²) in [6.07, 6.45) is 0.235. The fraction of sp³-hybridized carbons (Fsp3) is 0.310. The minimum Gasteiger partial charge on any atom is -0.496 e. The van der Waals surface area contributed by atoms with Gasteiger partial charge in [0.15, 0.2) is 0 Å². The highest BCUT2D eigenvalue weighted by Crippen LogP contribution is 2.50. The van der Waals surface area contributed by atoms with Crippen molar-refractivity contribution in [3.63, 3.8) is 0 Å². The van der Waals surface area contributed by atoms with Gasteiger partial charge in [-0.2, -0.15) is 0 Å². The van der Waals surface area contributed by atoms with Gasteiger partial charge in [-0.3, -0.25) is 14.3 Å². The summed E-state index contributed by atoms with van der Waals surface area (Å²) in [5.74, 6) is -0.942. The summed E-state index contributed by atoms with van der Waals surface area (Å²) in [5, 5.41) is 5.53. The molecule has 212 valence electrons. The summed E-state index contributed by atoms with van der Waals surface area (Å²) in [4.78, 5) is 26.0. The monoisotopic (exact) mass is 569 g/mol. The largest absolute Gasteiger partial charge is 0.496 e. The van der Waals surface area contributed by atoms with Crippen LogP contribution in [0.2, 0.25) is 0 Å². The molecule has 9 nitrogen and oxygen atoms in total. The van der Waals surface area contributed by atoms with Gasteiger partial charge in [0.2, 0.25) is 15.9 Å². The van der Waals surface area contributed by atoms with Crippen LogP contribution < -0.4 is 24.8 Å². The SMILES string of the molecule is CNC(=O)C1c2cc(-c3cc(C(=O)NCC(C)C)ccc3OC)c(NS(C)(=O)=O)cc2OC1c1ccc(F)cc1. The molecule has 3 aromatic rings. The molecule has 0 aliphatic carbocycles. The molecule has 0 bridgehead atoms. The fourth-order valence-corrected chi connectivity index (χ4v) is 5.19. The van der Waals surface area contributed by atoms with Crippen LogP contribution in [0.4, 0.5) is 10.1 Å². The van der Waals surface area contributed by atoms with Crippen molar-refractivity contribution in [1.29, 1.82) is 0 Å². The molecule has 2 atom stereocenters. The molecule has 0 aromatic heterocycles. The Morgan fingerprint density at radius 1 is 1.05 bits per heavy atom. The molecule has 0 spiro atoms. The Bertz CT molecular complexity index is 1540. The molecule has 1 aliphatic heterocycles. The van der Waals surface area contributed by atoms with Crippen LogP contribution >= 0.6 is 0 Å². The molecular formula is C29H32FN3O6S. The van der Waals surface area contributed by atoms with E-state index in [-0.39, 0.29) is 23.4 Å². The number of nitrogens with one attached hydrogen (secondary N) is 3. The van der Waals surface area contributed by atoms with Gasteiger partial charge >= 0.3 is 0 Å². The standard InChI is InChI=1S/C29H32FN3O6S/c1-16(2)15-32-28(34)18-8-11-24(38-4)21(12-18)20-13-22-25(14-23(20)33-40(5,36)37)39-27(26(22)29(35)31-3)17-6-9-19(30)10-7-17/h6-14,16,26-27,33H,15H2,1-5H3,(H,31,35)(H,32,34). The molecule has 11 heteroatoms. The average molecular weight is 570 g/mol. The number of carbonyl (C=O) groups excluding carboxylic acids is 2. The lowest BCUT2D eigenvalue weighted by molar-refractivity contribution is -0.123. The first-order chi connectivity index (χ1) is 18.9. The molecule has 0 saturated carbocycles. The molecule has 3 aromatic carbocycles. The molecule has 0 fully saturated rings. The molecular weight excluding hydrogens is 537 g/mol. The van der Waals surface area contributed by atoms with Crippen LogP contribution in [0.15, 0.2) is 54.6 Å². The number of sulfonamides is 1. The van der Waals surface area contributed by atoms with E-state index in [0.717, 1.165) is 6.26 Å². The molecule has 3 N–H and O–H groups in total. The van der Waals surface area contributed by atoms with Crippen molar-refractivity contribution in [3.8, 4) is 22.6 Å². The summed E-state index contributed by atoms with van der Waals surface area (Å²) in [5.41, 5.74) is 2.43. The predicted octanol–water partition coefficient (Wildman–Crippen LogP) is 4.22. The highest BCUT2D eigenvalue weighted by atomic mass is 32.2. The van der Waals surface area contributed by atoms with Crippen LogP contribution in [-0.2, 0) is 14.8 Å². The number of fused-ring (bicyclic) bond motifs is 1. The lowest BCUT2D eigenvalue weighted by Crippen LogP contribution is -2.28. The number of amides is 2. The molecule has 1 heterocycles. The maximum absolute atomic E-state index is 13.6. The van der Waals surface area contributed by atoms with E-state index in [1.54, 1.807) is 36.4 Å². The predicted molar refractivity (Wildman–Crippen MR) is 151 cm³/mol. The average Bonchev–Trinajstić information content (AvgIpc) is 3.28. The molecule has 0 saturated heterocycles. The number of carbonyl (C=O) groups is 2. The number of methoxy groups -OCH3 is 1. The van der Waals surface area contributed by atoms with Crippen molar-refractivity contribution in [3.05, 3.63) is 77.1 Å². The van der Waals surface area contributed by atoms with E-state index in [1.807, 2.05) is 13.8 Å². The Labute approximate surface area is 233 Å². The molecule has 40 heavy (non-hydrogen) atoms. The first-order valence-corrected chi connectivity index (χ1v) is 14.6. The van der Waals surface area contributed by atoms with Gasteiger partial charge in [-0.15, -0.1) is 0 Å². The number of rotatable bonds is 9. The van der Waals surface area contributed by atoms with Crippen molar-refractivity contribution in [2.75, 3.05) is 31.7 Å². The number of hydrogen-bond donors (Lipinski definition) is 3. The van der Waals surface area contributed by atoms with Crippen molar-refractivity contribution in [2.24, 2.45) is 5.92 Å². The van der Waals surface area contributed by atoms with E-state index in [2.05, 4.69) is 15.4 Å². The molecule has 4 rings (SSSR count). The van der Waals surface area contributed by atoms with E-state index in [9.17, 15) is 22.4 Å². The van der Waals surface area contributed by atoms with Gasteiger partial charge in [-0.05, 0) is 47.9 Å². The van der Waals surface area contributed by atoms with Gasteiger partial charge in [-0.1, -0.05) is 26.0 Å². The maximum Gasteiger partial charge on any atom is 0.251 e. The summed E-state index contributed by atoms with van der Waals surface area (Å²) in [6.45, 7) is 4.45. The first kappa shape index (κ1) is 28.9. The van der Waals surface area contributed by atoms with Crippen LogP contribution in [0, 0.1) is 11.7 Å². The third kappa shape index (κ3) is 6.20. The van der Waals surface area contributed by atoms with Gasteiger partial charge in [0.05, 0.1) is 19.1 Å². The topological polar surface area (TPSA) is 123 Å². The van der Waals surface area contributed by atoms with Gasteiger partial charge < -0.3 is 20.1 Å². The van der Waals surface area contributed by atoms with Crippen LogP contribution in [-0.4, -0.2) is 47.2 Å². The molecule has 2 unspecified atom stereocenters. The zero-order chi connectivity index (χ0) is 29.2. The van der Waals surface area contributed by atoms with Crippen LogP contribution in [0.1, 0.15) is 47.4 Å². The molecule has 1 aliphatic rings. The summed E-state index contributed by atoms with van der Waals surface area (Å²) in [7, 11) is -0.768. The third-order valence-corrected chi connectivity index (χ3v) is 7.08. The zero-order valence-electron chi connectivity index (χ0n) is 22.9. The number of anilines is 1. The Morgan fingerprint density at radius 3 is 2.35 bits per heavy atom. The molecule has 0 radical (unpaired) electrons. The lowest BCUT2D eigenvalue weighted by atomic mass is 9.88. The summed E-state index contributed by atoms with van der Waals surface area (Å²) in [6, 6.07) is 13.7. The Kier molecular flexibility index (Phi) is 8.34. The summed E-state index contributed by atoms with van der Waals surface area (Å²) < 4.78 is 52.6. The van der Waals surface area contributed by atoms with Crippen molar-refractivity contribution < 1.29 is 31.9 Å². The van der Waals surface area contributed by atoms with Gasteiger partial charge in [0.1, 0.15) is 29.3 Å². The van der Waals surface area contributed by atoms with E-state index in [4.69, 9.17) is 9.47 Å². The van der Waals surface area contributed by atoms with E-state index in [0.29, 0.717) is 45.9 Å². The number of benzene rings is 3. The maximum atomic E-state index is 13.6. The van der Waals surface area contributed by atoms with Gasteiger partial charge in [0, 0.05) is 41.9 Å². The van der Waals surface area contributed by atoms with Gasteiger partial charge in [-0.25, -0.2) is 12.8 Å². The fourth-order valence-electron chi connectivity index (χ4n) is 4.62. The number of likely N-dealkylation sites (N-methyl/N-ethyl adjacent to an activating group) is 1. The van der Waals surface area contributed by atoms with E-state index < -0.39 is 27.9 Å². The second kappa shape index (κ2) is 11.5. The minimum atomic E-state index is -3.74. The second-order valence-corrected chi connectivity index (χ2v) is 11.8. The Hall–Kier alpha value is -4.12. The van der Waals surface area contributed by atoms with Crippen molar-refractivity contribution in [2.45, 2.75) is 25.9 Å². The van der Waals surface area contributed by atoms with E-state index in [1.165, 1.54) is 32.4 Å². The van der Waals surface area contributed by atoms with Crippen molar-refractivity contribution >= 4 is 27.5 Å². The summed E-state index contributed by atoms with van der Waals surface area (Å²) >= 11 is 0. The zero-order valence-corrected chi connectivity index (χ0v) is 23.7. The minimum absolute atomic E-state index is 0.176. The Morgan fingerprint density at radius 2 is 1.75 bits per heavy atom. The number of hydrogen-bond acceptors (Lipinski definition) is 6. The van der Waals surface area contributed by atoms with Crippen molar-refractivity contribution in [1.82, 2.24) is 10.6 Å². The quantitative estimate of drug-likeness (QED) is 0.355. The first-order valence-electron chi connectivity index (χ1n) is 12.7.